The fourth-order valence-corrected chi connectivity index (χ4v) is 3.47. The molecule has 0 nitrogen and oxygen atoms in total. The van der Waals surface area contributed by atoms with E-state index in [0.29, 0.717) is 0 Å². The van der Waals surface area contributed by atoms with Crippen LogP contribution in [-0.4, -0.2) is 0 Å². The SMILES string of the molecule is Cc1cc(C)c(C(Cl)c2cccc(I)c2)c(C)c1. The molecule has 0 aliphatic carbocycles. The number of hydrogen-bond acceptors (Lipinski definition) is 0. The molecule has 1 unspecified atom stereocenters. The second-order valence-corrected chi connectivity index (χ2v) is 6.41. The molecule has 0 saturated heterocycles. The number of hydrogen-bond donors (Lipinski definition) is 0. The first-order valence-electron chi connectivity index (χ1n) is 5.96. The summed E-state index contributed by atoms with van der Waals surface area (Å²) in [5.74, 6) is 0. The average molecular weight is 371 g/mol. The Kier molecular flexibility index (Phi) is 4.33. The lowest BCUT2D eigenvalue weighted by atomic mass is 9.94. The summed E-state index contributed by atoms with van der Waals surface area (Å²) in [6, 6.07) is 12.8. The molecule has 0 fully saturated rings. The van der Waals surface area contributed by atoms with Crippen LogP contribution in [-0.2, 0) is 0 Å². The van der Waals surface area contributed by atoms with Crippen molar-refractivity contribution in [3.63, 3.8) is 0 Å². The summed E-state index contributed by atoms with van der Waals surface area (Å²) in [5, 5.41) is -0.0692. The summed E-state index contributed by atoms with van der Waals surface area (Å²) >= 11 is 8.99. The highest BCUT2D eigenvalue weighted by Gasteiger charge is 2.16. The van der Waals surface area contributed by atoms with Gasteiger partial charge in [0.15, 0.2) is 0 Å². The van der Waals surface area contributed by atoms with Gasteiger partial charge in [-0.05, 0) is 77.7 Å². The predicted molar refractivity (Wildman–Crippen MR) is 87.5 cm³/mol. The largest absolute Gasteiger partial charge is 0.113 e. The Hall–Kier alpha value is -0.540. The third-order valence-corrected chi connectivity index (χ3v) is 4.27. The second-order valence-electron chi connectivity index (χ2n) is 4.73. The monoisotopic (exact) mass is 370 g/mol. The first-order chi connectivity index (χ1) is 8.49. The van der Waals surface area contributed by atoms with E-state index in [1.165, 1.54) is 31.4 Å². The minimum atomic E-state index is -0.0692. The number of rotatable bonds is 2. The van der Waals surface area contributed by atoms with Gasteiger partial charge in [0.2, 0.25) is 0 Å². The van der Waals surface area contributed by atoms with Gasteiger partial charge in [-0.2, -0.15) is 0 Å². The summed E-state index contributed by atoms with van der Waals surface area (Å²) in [5.41, 5.74) is 6.24. The van der Waals surface area contributed by atoms with Crippen LogP contribution in [0.25, 0.3) is 0 Å². The molecule has 2 heteroatoms. The lowest BCUT2D eigenvalue weighted by Crippen LogP contribution is -2.00. The number of benzene rings is 2. The van der Waals surface area contributed by atoms with Gasteiger partial charge in [0.1, 0.15) is 0 Å². The molecule has 94 valence electrons. The molecule has 0 aliphatic heterocycles. The standard InChI is InChI=1S/C16H16ClI/c1-10-7-11(2)15(12(3)8-10)16(17)13-5-4-6-14(18)9-13/h4-9,16H,1-3H3. The van der Waals surface area contributed by atoms with Gasteiger partial charge in [-0.25, -0.2) is 0 Å². The van der Waals surface area contributed by atoms with E-state index in [4.69, 9.17) is 11.6 Å². The molecule has 1 atom stereocenters. The van der Waals surface area contributed by atoms with E-state index in [-0.39, 0.29) is 5.38 Å². The van der Waals surface area contributed by atoms with E-state index in [0.717, 1.165) is 0 Å². The maximum atomic E-state index is 6.66. The third kappa shape index (κ3) is 2.89. The molecule has 0 bridgehead atoms. The van der Waals surface area contributed by atoms with Gasteiger partial charge >= 0.3 is 0 Å². The van der Waals surface area contributed by atoms with Crippen molar-refractivity contribution in [1.82, 2.24) is 0 Å². The molecular weight excluding hydrogens is 355 g/mol. The molecule has 0 aromatic heterocycles. The fraction of sp³-hybridized carbons (Fsp3) is 0.250. The van der Waals surface area contributed by atoms with Crippen LogP contribution in [0.3, 0.4) is 0 Å². The minimum Gasteiger partial charge on any atom is -0.113 e. The fourth-order valence-electron chi connectivity index (χ4n) is 2.42. The predicted octanol–water partition coefficient (Wildman–Crippen LogP) is 5.54. The zero-order valence-corrected chi connectivity index (χ0v) is 13.7. The molecule has 0 amide bonds. The van der Waals surface area contributed by atoms with Crippen LogP contribution in [0.4, 0.5) is 0 Å². The molecule has 0 N–H and O–H groups in total. The van der Waals surface area contributed by atoms with Crippen LogP contribution in [0.5, 0.6) is 0 Å². The number of halogens is 2. The highest BCUT2D eigenvalue weighted by atomic mass is 127. The summed E-state index contributed by atoms with van der Waals surface area (Å²) < 4.78 is 1.22. The van der Waals surface area contributed by atoms with Crippen LogP contribution in [0, 0.1) is 24.3 Å². The van der Waals surface area contributed by atoms with Gasteiger partial charge in [-0.1, -0.05) is 29.8 Å². The van der Waals surface area contributed by atoms with Crippen molar-refractivity contribution in [1.29, 1.82) is 0 Å². The lowest BCUT2D eigenvalue weighted by Gasteiger charge is -2.17. The quantitative estimate of drug-likeness (QED) is 0.480. The zero-order valence-electron chi connectivity index (χ0n) is 10.8. The maximum Gasteiger partial charge on any atom is 0.0840 e. The van der Waals surface area contributed by atoms with E-state index in [2.05, 4.69) is 79.8 Å². The molecule has 0 heterocycles. The van der Waals surface area contributed by atoms with E-state index in [1.54, 1.807) is 0 Å². The molecule has 2 rings (SSSR count). The number of alkyl halides is 1. The lowest BCUT2D eigenvalue weighted by molar-refractivity contribution is 1.07. The van der Waals surface area contributed by atoms with Crippen LogP contribution < -0.4 is 0 Å². The second kappa shape index (κ2) is 5.62. The van der Waals surface area contributed by atoms with Gasteiger partial charge in [-0.3, -0.25) is 0 Å². The van der Waals surface area contributed by atoms with Crippen molar-refractivity contribution in [3.05, 3.63) is 67.8 Å². The van der Waals surface area contributed by atoms with E-state index < -0.39 is 0 Å². The van der Waals surface area contributed by atoms with Crippen molar-refractivity contribution < 1.29 is 0 Å². The Balaban J connectivity index is 2.49. The van der Waals surface area contributed by atoms with Crippen LogP contribution in [0.2, 0.25) is 0 Å². The topological polar surface area (TPSA) is 0 Å². The highest BCUT2D eigenvalue weighted by molar-refractivity contribution is 14.1. The van der Waals surface area contributed by atoms with Gasteiger partial charge in [-0.15, -0.1) is 11.6 Å². The molecule has 18 heavy (non-hydrogen) atoms. The molecule has 0 saturated carbocycles. The molecular formula is C16H16ClI. The average Bonchev–Trinajstić information content (AvgIpc) is 2.27. The van der Waals surface area contributed by atoms with Crippen LogP contribution >= 0.6 is 34.2 Å². The Bertz CT molecular complexity index is 552. The van der Waals surface area contributed by atoms with Crippen molar-refractivity contribution in [2.24, 2.45) is 0 Å². The molecule has 2 aromatic rings. The minimum absolute atomic E-state index is 0.0692. The smallest absolute Gasteiger partial charge is 0.0840 e. The first kappa shape index (κ1) is 13.9. The molecule has 0 aliphatic rings. The maximum absolute atomic E-state index is 6.66. The van der Waals surface area contributed by atoms with Crippen molar-refractivity contribution in [2.75, 3.05) is 0 Å². The van der Waals surface area contributed by atoms with Crippen molar-refractivity contribution >= 4 is 34.2 Å². The van der Waals surface area contributed by atoms with Crippen LogP contribution in [0.1, 0.15) is 33.2 Å². The van der Waals surface area contributed by atoms with E-state index >= 15 is 0 Å². The van der Waals surface area contributed by atoms with Gasteiger partial charge in [0, 0.05) is 3.57 Å². The normalized spacial score (nSPS) is 12.5. The summed E-state index contributed by atoms with van der Waals surface area (Å²) in [6.45, 7) is 6.40. The van der Waals surface area contributed by atoms with Gasteiger partial charge in [0.05, 0.1) is 5.38 Å². The van der Waals surface area contributed by atoms with E-state index in [9.17, 15) is 0 Å². The zero-order chi connectivity index (χ0) is 13.3. The first-order valence-corrected chi connectivity index (χ1v) is 7.48. The highest BCUT2D eigenvalue weighted by Crippen LogP contribution is 2.34. The van der Waals surface area contributed by atoms with Gasteiger partial charge in [0.25, 0.3) is 0 Å². The number of aryl methyl sites for hydroxylation is 3. The van der Waals surface area contributed by atoms with E-state index in [1.807, 2.05) is 0 Å². The molecule has 2 aromatic carbocycles. The Morgan fingerprint density at radius 3 is 2.17 bits per heavy atom. The summed E-state index contributed by atoms with van der Waals surface area (Å²) in [6.07, 6.45) is 0. The summed E-state index contributed by atoms with van der Waals surface area (Å²) in [7, 11) is 0. The van der Waals surface area contributed by atoms with Crippen molar-refractivity contribution in [3.8, 4) is 0 Å². The Morgan fingerprint density at radius 1 is 1.00 bits per heavy atom. The third-order valence-electron chi connectivity index (χ3n) is 3.13. The Morgan fingerprint density at radius 2 is 1.61 bits per heavy atom. The molecule has 0 radical (unpaired) electrons. The van der Waals surface area contributed by atoms with Crippen LogP contribution in [0.15, 0.2) is 36.4 Å². The summed E-state index contributed by atoms with van der Waals surface area (Å²) in [4.78, 5) is 0. The molecule has 0 spiro atoms. The van der Waals surface area contributed by atoms with Gasteiger partial charge < -0.3 is 0 Å². The Labute approximate surface area is 128 Å². The van der Waals surface area contributed by atoms with Crippen molar-refractivity contribution in [2.45, 2.75) is 26.1 Å².